The molecule has 0 aliphatic rings. The van der Waals surface area contributed by atoms with Crippen molar-refractivity contribution in [3.05, 3.63) is 46.3 Å². The van der Waals surface area contributed by atoms with E-state index in [1.54, 1.807) is 24.3 Å². The first-order valence-corrected chi connectivity index (χ1v) is 8.88. The fourth-order valence-electron chi connectivity index (χ4n) is 2.33. The predicted molar refractivity (Wildman–Crippen MR) is 87.1 cm³/mol. The van der Waals surface area contributed by atoms with Gasteiger partial charge in [0.15, 0.2) is 5.76 Å². The highest BCUT2D eigenvalue weighted by Crippen LogP contribution is 2.28. The fourth-order valence-corrected chi connectivity index (χ4v) is 4.14. The van der Waals surface area contributed by atoms with Gasteiger partial charge in [0, 0.05) is 5.02 Å². The van der Waals surface area contributed by atoms with Crippen molar-refractivity contribution >= 4 is 27.6 Å². The van der Waals surface area contributed by atoms with E-state index in [0.29, 0.717) is 10.6 Å². The Balaban J connectivity index is 2.42. The van der Waals surface area contributed by atoms with Gasteiger partial charge in [-0.3, -0.25) is 4.79 Å². The molecule has 2 aromatic rings. The second-order valence-corrected chi connectivity index (χ2v) is 7.19. The summed E-state index contributed by atoms with van der Waals surface area (Å²) in [7, 11) is -2.74. The van der Waals surface area contributed by atoms with Gasteiger partial charge in [-0.25, -0.2) is 13.1 Å². The maximum Gasteiger partial charge on any atom is 0.307 e. The number of rotatable bonds is 6. The van der Waals surface area contributed by atoms with E-state index in [0.717, 1.165) is 0 Å². The van der Waals surface area contributed by atoms with Crippen LogP contribution in [-0.4, -0.2) is 26.7 Å². The normalized spacial score (nSPS) is 12.8. The van der Waals surface area contributed by atoms with Gasteiger partial charge in [0.1, 0.15) is 10.6 Å². The monoisotopic (exact) mass is 372 g/mol. The summed E-state index contributed by atoms with van der Waals surface area (Å²) < 4.78 is 37.4. The second-order valence-electron chi connectivity index (χ2n) is 5.13. The van der Waals surface area contributed by atoms with Crippen LogP contribution in [0.15, 0.2) is 33.7 Å². The molecule has 0 unspecified atom stereocenters. The van der Waals surface area contributed by atoms with Gasteiger partial charge < -0.3 is 9.26 Å². The second kappa shape index (κ2) is 7.33. The quantitative estimate of drug-likeness (QED) is 0.782. The number of halogens is 1. The molecular weight excluding hydrogens is 356 g/mol. The number of aromatic nitrogens is 1. The summed E-state index contributed by atoms with van der Waals surface area (Å²) in [5.74, 6) is -0.405. The standard InChI is InChI=1S/C15H17ClN2O5S/c1-9-15(10(2)23-17-9)24(20,21)18-13(8-14(19)22-3)11-6-4-5-7-12(11)16/h4-7,13,18H,8H2,1-3H3/t13-/m0/s1. The molecule has 1 atom stereocenters. The molecule has 130 valence electrons. The molecule has 0 saturated carbocycles. The largest absolute Gasteiger partial charge is 0.469 e. The number of aryl methyl sites for hydroxylation is 2. The van der Waals surface area contributed by atoms with E-state index >= 15 is 0 Å². The van der Waals surface area contributed by atoms with Crippen LogP contribution in [0.3, 0.4) is 0 Å². The van der Waals surface area contributed by atoms with Crippen molar-refractivity contribution in [3.8, 4) is 0 Å². The van der Waals surface area contributed by atoms with Crippen LogP contribution in [-0.2, 0) is 19.6 Å². The third kappa shape index (κ3) is 3.95. The van der Waals surface area contributed by atoms with E-state index in [9.17, 15) is 13.2 Å². The molecule has 0 aliphatic heterocycles. The van der Waals surface area contributed by atoms with Crippen LogP contribution in [0, 0.1) is 13.8 Å². The number of ether oxygens (including phenoxy) is 1. The minimum Gasteiger partial charge on any atom is -0.469 e. The Labute approximate surface area is 145 Å². The Morgan fingerprint density at radius 3 is 2.58 bits per heavy atom. The number of carbonyl (C=O) groups excluding carboxylic acids is 1. The first-order valence-electron chi connectivity index (χ1n) is 7.02. The molecule has 2 rings (SSSR count). The topological polar surface area (TPSA) is 98.5 Å². The fraction of sp³-hybridized carbons (Fsp3) is 0.333. The van der Waals surface area contributed by atoms with E-state index < -0.39 is 22.0 Å². The molecule has 0 fully saturated rings. The number of benzene rings is 1. The van der Waals surface area contributed by atoms with E-state index in [1.165, 1.54) is 21.0 Å². The van der Waals surface area contributed by atoms with E-state index in [4.69, 9.17) is 16.1 Å². The van der Waals surface area contributed by atoms with Gasteiger partial charge in [0.05, 0.1) is 19.6 Å². The molecule has 24 heavy (non-hydrogen) atoms. The van der Waals surface area contributed by atoms with Crippen LogP contribution in [0.1, 0.15) is 29.5 Å². The van der Waals surface area contributed by atoms with Crippen molar-refractivity contribution in [3.63, 3.8) is 0 Å². The van der Waals surface area contributed by atoms with Gasteiger partial charge in [0.2, 0.25) is 10.0 Å². The number of carbonyl (C=O) groups is 1. The van der Waals surface area contributed by atoms with Gasteiger partial charge in [-0.15, -0.1) is 0 Å². The van der Waals surface area contributed by atoms with Gasteiger partial charge in [-0.05, 0) is 25.5 Å². The number of hydrogen-bond acceptors (Lipinski definition) is 6. The van der Waals surface area contributed by atoms with Crippen molar-refractivity contribution < 1.29 is 22.5 Å². The van der Waals surface area contributed by atoms with Crippen molar-refractivity contribution in [2.45, 2.75) is 31.2 Å². The Hall–Kier alpha value is -1.90. The molecule has 1 heterocycles. The van der Waals surface area contributed by atoms with Crippen molar-refractivity contribution in [1.82, 2.24) is 9.88 Å². The zero-order valence-electron chi connectivity index (χ0n) is 13.4. The SMILES string of the molecule is COC(=O)C[C@H](NS(=O)(=O)c1c(C)noc1C)c1ccccc1Cl. The summed E-state index contributed by atoms with van der Waals surface area (Å²) in [5, 5.41) is 3.99. The van der Waals surface area contributed by atoms with Crippen molar-refractivity contribution in [1.29, 1.82) is 0 Å². The zero-order chi connectivity index (χ0) is 17.9. The molecule has 9 heteroatoms. The Morgan fingerprint density at radius 2 is 2.04 bits per heavy atom. The molecular formula is C15H17ClN2O5S. The smallest absolute Gasteiger partial charge is 0.307 e. The lowest BCUT2D eigenvalue weighted by molar-refractivity contribution is -0.141. The molecule has 1 aromatic heterocycles. The summed E-state index contributed by atoms with van der Waals surface area (Å²) in [4.78, 5) is 11.6. The molecule has 1 N–H and O–H groups in total. The zero-order valence-corrected chi connectivity index (χ0v) is 14.9. The number of sulfonamides is 1. The van der Waals surface area contributed by atoms with Crippen LogP contribution in [0.5, 0.6) is 0 Å². The van der Waals surface area contributed by atoms with Crippen molar-refractivity contribution in [2.75, 3.05) is 7.11 Å². The average molecular weight is 373 g/mol. The molecule has 7 nitrogen and oxygen atoms in total. The summed E-state index contributed by atoms with van der Waals surface area (Å²) in [6, 6.07) is 5.79. The van der Waals surface area contributed by atoms with Gasteiger partial charge in [-0.2, -0.15) is 0 Å². The van der Waals surface area contributed by atoms with E-state index in [-0.39, 0.29) is 22.8 Å². The minimum absolute atomic E-state index is 0.0515. The first-order chi connectivity index (χ1) is 11.3. The Bertz CT molecular complexity index is 828. The molecule has 0 amide bonds. The number of nitrogens with zero attached hydrogens (tertiary/aromatic N) is 1. The van der Waals surface area contributed by atoms with Gasteiger partial charge in [-0.1, -0.05) is 35.0 Å². The molecule has 1 aromatic carbocycles. The number of esters is 1. The average Bonchev–Trinajstić information content (AvgIpc) is 2.86. The van der Waals surface area contributed by atoms with E-state index in [1.807, 2.05) is 0 Å². The lowest BCUT2D eigenvalue weighted by atomic mass is 10.1. The first kappa shape index (κ1) is 18.4. The summed E-state index contributed by atoms with van der Waals surface area (Å²) >= 11 is 6.14. The number of methoxy groups -OCH3 is 1. The maximum absolute atomic E-state index is 12.7. The highest BCUT2D eigenvalue weighted by molar-refractivity contribution is 7.89. The van der Waals surface area contributed by atoms with Gasteiger partial charge in [0.25, 0.3) is 0 Å². The van der Waals surface area contributed by atoms with E-state index in [2.05, 4.69) is 14.6 Å². The van der Waals surface area contributed by atoms with Gasteiger partial charge >= 0.3 is 5.97 Å². The lowest BCUT2D eigenvalue weighted by Crippen LogP contribution is -2.31. The van der Waals surface area contributed by atoms with Crippen LogP contribution < -0.4 is 4.72 Å². The summed E-state index contributed by atoms with van der Waals surface area (Å²) in [6.45, 7) is 3.02. The highest BCUT2D eigenvalue weighted by atomic mass is 35.5. The molecule has 0 radical (unpaired) electrons. The summed E-state index contributed by atoms with van der Waals surface area (Å²) in [6.07, 6.45) is -0.206. The van der Waals surface area contributed by atoms with Crippen LogP contribution in [0.4, 0.5) is 0 Å². The number of hydrogen-bond donors (Lipinski definition) is 1. The van der Waals surface area contributed by atoms with Crippen LogP contribution >= 0.6 is 11.6 Å². The lowest BCUT2D eigenvalue weighted by Gasteiger charge is -2.19. The molecule has 0 aliphatic carbocycles. The molecule has 0 bridgehead atoms. The van der Waals surface area contributed by atoms with Crippen LogP contribution in [0.25, 0.3) is 0 Å². The maximum atomic E-state index is 12.7. The van der Waals surface area contributed by atoms with Crippen LogP contribution in [0.2, 0.25) is 5.02 Å². The molecule has 0 saturated heterocycles. The number of nitrogens with one attached hydrogen (secondary N) is 1. The third-order valence-corrected chi connectivity index (χ3v) is 5.47. The predicted octanol–water partition coefficient (Wildman–Crippen LogP) is 2.53. The third-order valence-electron chi connectivity index (χ3n) is 3.41. The minimum atomic E-state index is -3.97. The highest BCUT2D eigenvalue weighted by Gasteiger charge is 2.30. The molecule has 0 spiro atoms. The Kier molecular flexibility index (Phi) is 5.63. The summed E-state index contributed by atoms with van der Waals surface area (Å²) in [5.41, 5.74) is 0.705. The Morgan fingerprint density at radius 1 is 1.38 bits per heavy atom. The van der Waals surface area contributed by atoms with Crippen molar-refractivity contribution in [2.24, 2.45) is 0 Å².